The lowest BCUT2D eigenvalue weighted by atomic mass is 10.2. The third-order valence-electron chi connectivity index (χ3n) is 4.55. The quantitative estimate of drug-likeness (QED) is 0.509. The van der Waals surface area contributed by atoms with Gasteiger partial charge in [-0.25, -0.2) is 0 Å². The van der Waals surface area contributed by atoms with Gasteiger partial charge in [0.25, 0.3) is 0 Å². The minimum atomic E-state index is -1.44. The molecule has 0 aromatic heterocycles. The van der Waals surface area contributed by atoms with E-state index in [0.29, 0.717) is 0 Å². The number of hydrogen-bond donors (Lipinski definition) is 0. The molecule has 1 unspecified atom stereocenters. The SMILES string of the molecule is CC[Si](CC)(CC)C(/C=C(\OC)c1ccccc1)OC. The molecule has 0 saturated carbocycles. The maximum atomic E-state index is 5.85. The molecule has 0 aliphatic carbocycles. The van der Waals surface area contributed by atoms with Gasteiger partial charge in [-0.1, -0.05) is 69.2 Å². The third-order valence-corrected chi connectivity index (χ3v) is 10.4. The van der Waals surface area contributed by atoms with Crippen LogP contribution in [-0.4, -0.2) is 28.0 Å². The van der Waals surface area contributed by atoms with Crippen LogP contribution in [0.5, 0.6) is 0 Å². The molecule has 20 heavy (non-hydrogen) atoms. The predicted molar refractivity (Wildman–Crippen MR) is 89.4 cm³/mol. The molecular weight excluding hydrogens is 264 g/mol. The summed E-state index contributed by atoms with van der Waals surface area (Å²) in [6.45, 7) is 6.90. The van der Waals surface area contributed by atoms with Crippen molar-refractivity contribution >= 4 is 13.8 Å². The summed E-state index contributed by atoms with van der Waals surface area (Å²) in [5.74, 6) is 0.921. The maximum Gasteiger partial charge on any atom is 0.124 e. The fraction of sp³-hybridized carbons (Fsp3) is 0.529. The second-order valence-electron chi connectivity index (χ2n) is 5.18. The lowest BCUT2D eigenvalue weighted by Gasteiger charge is -2.34. The van der Waals surface area contributed by atoms with Gasteiger partial charge >= 0.3 is 0 Å². The van der Waals surface area contributed by atoms with Crippen molar-refractivity contribution in [2.75, 3.05) is 14.2 Å². The Kier molecular flexibility index (Phi) is 7.03. The van der Waals surface area contributed by atoms with E-state index in [1.807, 2.05) is 25.3 Å². The lowest BCUT2D eigenvalue weighted by Crippen LogP contribution is -2.46. The van der Waals surface area contributed by atoms with Crippen LogP contribution in [0.4, 0.5) is 0 Å². The van der Waals surface area contributed by atoms with E-state index < -0.39 is 8.07 Å². The van der Waals surface area contributed by atoms with Gasteiger partial charge in [-0.3, -0.25) is 0 Å². The van der Waals surface area contributed by atoms with Crippen LogP contribution in [0.3, 0.4) is 0 Å². The molecule has 0 radical (unpaired) electrons. The molecule has 0 saturated heterocycles. The van der Waals surface area contributed by atoms with E-state index >= 15 is 0 Å². The summed E-state index contributed by atoms with van der Waals surface area (Å²) < 4.78 is 11.4. The first-order chi connectivity index (χ1) is 9.67. The van der Waals surface area contributed by atoms with Crippen LogP contribution in [0.15, 0.2) is 36.4 Å². The van der Waals surface area contributed by atoms with Crippen molar-refractivity contribution in [2.24, 2.45) is 0 Å². The third kappa shape index (κ3) is 3.74. The van der Waals surface area contributed by atoms with Crippen molar-refractivity contribution in [3.8, 4) is 0 Å². The summed E-state index contributed by atoms with van der Waals surface area (Å²) in [5.41, 5.74) is 1.32. The predicted octanol–water partition coefficient (Wildman–Crippen LogP) is 4.74. The van der Waals surface area contributed by atoms with Crippen LogP contribution in [0.25, 0.3) is 5.76 Å². The Morgan fingerprint density at radius 2 is 1.60 bits per heavy atom. The Balaban J connectivity index is 3.13. The molecule has 0 amide bonds. The van der Waals surface area contributed by atoms with Crippen molar-refractivity contribution in [1.29, 1.82) is 0 Å². The fourth-order valence-corrected chi connectivity index (χ4v) is 6.58. The standard InChI is InChI=1S/C17H28O2Si/c1-6-20(7-2,8-3)17(19-5)14-16(18-4)15-12-10-9-11-13-15/h9-14,17H,6-8H2,1-5H3/b16-14-. The van der Waals surface area contributed by atoms with E-state index in [2.05, 4.69) is 39.0 Å². The van der Waals surface area contributed by atoms with Crippen LogP contribution >= 0.6 is 0 Å². The number of ether oxygens (including phenoxy) is 2. The molecule has 1 aromatic rings. The largest absolute Gasteiger partial charge is 0.496 e. The first kappa shape index (κ1) is 17.0. The molecule has 1 aromatic carbocycles. The van der Waals surface area contributed by atoms with E-state index in [0.717, 1.165) is 11.3 Å². The maximum absolute atomic E-state index is 5.85. The van der Waals surface area contributed by atoms with Crippen molar-refractivity contribution in [1.82, 2.24) is 0 Å². The van der Waals surface area contributed by atoms with E-state index in [-0.39, 0.29) is 5.73 Å². The van der Waals surface area contributed by atoms with E-state index in [4.69, 9.17) is 9.47 Å². The molecule has 1 rings (SSSR count). The highest BCUT2D eigenvalue weighted by Crippen LogP contribution is 2.29. The zero-order valence-electron chi connectivity index (χ0n) is 13.5. The number of rotatable bonds is 8. The topological polar surface area (TPSA) is 18.5 Å². The van der Waals surface area contributed by atoms with Gasteiger partial charge in [0, 0.05) is 12.7 Å². The zero-order chi connectivity index (χ0) is 15.0. The van der Waals surface area contributed by atoms with Crippen molar-refractivity contribution in [3.05, 3.63) is 42.0 Å². The molecule has 0 fully saturated rings. The van der Waals surface area contributed by atoms with Crippen LogP contribution in [-0.2, 0) is 9.47 Å². The Labute approximate surface area is 124 Å². The van der Waals surface area contributed by atoms with Crippen LogP contribution in [0, 0.1) is 0 Å². The zero-order valence-corrected chi connectivity index (χ0v) is 14.5. The minimum absolute atomic E-state index is 0.206. The van der Waals surface area contributed by atoms with Gasteiger partial charge < -0.3 is 9.47 Å². The molecule has 0 N–H and O–H groups in total. The molecule has 0 heterocycles. The Bertz CT molecular complexity index is 402. The summed E-state index contributed by atoms with van der Waals surface area (Å²) in [6.07, 6.45) is 2.19. The van der Waals surface area contributed by atoms with Gasteiger partial charge in [-0.15, -0.1) is 0 Å². The smallest absolute Gasteiger partial charge is 0.124 e. The van der Waals surface area contributed by atoms with Crippen LogP contribution in [0.1, 0.15) is 26.3 Å². The molecule has 0 spiro atoms. The summed E-state index contributed by atoms with van der Waals surface area (Å²) in [7, 11) is 2.12. The summed E-state index contributed by atoms with van der Waals surface area (Å²) in [6, 6.07) is 14.0. The molecule has 1 atom stereocenters. The van der Waals surface area contributed by atoms with Crippen LogP contribution < -0.4 is 0 Å². The highest BCUT2D eigenvalue weighted by atomic mass is 28.3. The molecule has 0 bridgehead atoms. The van der Waals surface area contributed by atoms with Crippen molar-refractivity contribution in [2.45, 2.75) is 44.6 Å². The van der Waals surface area contributed by atoms with Crippen molar-refractivity contribution in [3.63, 3.8) is 0 Å². The first-order valence-electron chi connectivity index (χ1n) is 7.51. The molecule has 2 nitrogen and oxygen atoms in total. The molecule has 0 aliphatic heterocycles. The van der Waals surface area contributed by atoms with E-state index in [1.54, 1.807) is 7.11 Å². The first-order valence-corrected chi connectivity index (χ1v) is 10.2. The summed E-state index contributed by atoms with van der Waals surface area (Å²) >= 11 is 0. The monoisotopic (exact) mass is 292 g/mol. The Morgan fingerprint density at radius 3 is 2.00 bits per heavy atom. The second-order valence-corrected chi connectivity index (χ2v) is 10.6. The number of methoxy groups -OCH3 is 2. The summed E-state index contributed by atoms with van der Waals surface area (Å²) in [4.78, 5) is 0. The Morgan fingerprint density at radius 1 is 1.05 bits per heavy atom. The minimum Gasteiger partial charge on any atom is -0.496 e. The highest BCUT2D eigenvalue weighted by molar-refractivity contribution is 6.81. The van der Waals surface area contributed by atoms with Gasteiger partial charge in [0.05, 0.1) is 20.9 Å². The number of benzene rings is 1. The van der Waals surface area contributed by atoms with Crippen molar-refractivity contribution < 1.29 is 9.47 Å². The van der Waals surface area contributed by atoms with E-state index in [1.165, 1.54) is 18.1 Å². The molecule has 112 valence electrons. The van der Waals surface area contributed by atoms with Gasteiger partial charge in [-0.05, 0) is 6.08 Å². The van der Waals surface area contributed by atoms with Crippen LogP contribution in [0.2, 0.25) is 18.1 Å². The molecule has 3 heteroatoms. The van der Waals surface area contributed by atoms with Gasteiger partial charge in [0.2, 0.25) is 0 Å². The lowest BCUT2D eigenvalue weighted by molar-refractivity contribution is 0.189. The highest BCUT2D eigenvalue weighted by Gasteiger charge is 2.36. The van der Waals surface area contributed by atoms with Gasteiger partial charge in [-0.2, -0.15) is 0 Å². The molecular formula is C17H28O2Si. The number of hydrogen-bond acceptors (Lipinski definition) is 2. The Hall–Kier alpha value is -1.06. The molecule has 0 aliphatic rings. The van der Waals surface area contributed by atoms with Gasteiger partial charge in [0.15, 0.2) is 0 Å². The average molecular weight is 292 g/mol. The van der Waals surface area contributed by atoms with Gasteiger partial charge in [0.1, 0.15) is 5.76 Å². The van der Waals surface area contributed by atoms with E-state index in [9.17, 15) is 0 Å². The fourth-order valence-electron chi connectivity index (χ4n) is 2.87. The average Bonchev–Trinajstić information content (AvgIpc) is 2.53. The normalized spacial score (nSPS) is 14.2. The second kappa shape index (κ2) is 8.27. The summed E-state index contributed by atoms with van der Waals surface area (Å²) in [5, 5.41) is 0.